The van der Waals surface area contributed by atoms with Crippen LogP contribution < -0.4 is 10.1 Å². The molecule has 0 atom stereocenters. The van der Waals surface area contributed by atoms with Crippen LogP contribution in [-0.4, -0.2) is 21.4 Å². The van der Waals surface area contributed by atoms with Crippen LogP contribution in [0.5, 0.6) is 5.88 Å². The van der Waals surface area contributed by atoms with Gasteiger partial charge in [0.1, 0.15) is 0 Å². The molecule has 28 heavy (non-hydrogen) atoms. The Balaban J connectivity index is 1.86. The van der Waals surface area contributed by atoms with Gasteiger partial charge in [0, 0.05) is 35.3 Å². The summed E-state index contributed by atoms with van der Waals surface area (Å²) < 4.78 is 33.5. The summed E-state index contributed by atoms with van der Waals surface area (Å²) in [5.41, 5.74) is 0.804. The van der Waals surface area contributed by atoms with Gasteiger partial charge in [-0.25, -0.2) is 18.6 Å². The lowest BCUT2D eigenvalue weighted by Crippen LogP contribution is -2.18. The molecule has 0 unspecified atom stereocenters. The molecular formula is C19H17F2N3O3S. The van der Waals surface area contributed by atoms with E-state index in [1.807, 2.05) is 0 Å². The summed E-state index contributed by atoms with van der Waals surface area (Å²) in [6.45, 7) is 3.60. The van der Waals surface area contributed by atoms with Crippen LogP contribution >= 0.6 is 11.3 Å². The van der Waals surface area contributed by atoms with Gasteiger partial charge in [0.25, 0.3) is 0 Å². The number of anilines is 1. The SMILES string of the molecule is CC(C)C(=O)c1cc(OC(=O)Nc2nccs2)n(Cc2ccc(F)c(F)c2)c1. The molecule has 3 aromatic rings. The largest absolute Gasteiger partial charge is 0.420 e. The molecule has 1 aromatic carbocycles. The molecule has 0 radical (unpaired) electrons. The number of aromatic nitrogens is 2. The van der Waals surface area contributed by atoms with Gasteiger partial charge in [-0.05, 0) is 17.7 Å². The third-order valence-electron chi connectivity index (χ3n) is 3.84. The number of ether oxygens (including phenoxy) is 1. The molecule has 0 saturated heterocycles. The number of carbonyl (C=O) groups excluding carboxylic acids is 2. The van der Waals surface area contributed by atoms with Crippen LogP contribution in [0.3, 0.4) is 0 Å². The van der Waals surface area contributed by atoms with Crippen molar-refractivity contribution in [3.8, 4) is 5.88 Å². The molecule has 0 fully saturated rings. The van der Waals surface area contributed by atoms with Gasteiger partial charge in [0.05, 0.1) is 6.54 Å². The van der Waals surface area contributed by atoms with Gasteiger partial charge >= 0.3 is 6.09 Å². The zero-order valence-corrected chi connectivity index (χ0v) is 15.9. The van der Waals surface area contributed by atoms with Crippen molar-refractivity contribution in [2.24, 2.45) is 5.92 Å². The Bertz CT molecular complexity index is 1000. The number of hydrogen-bond donors (Lipinski definition) is 1. The molecule has 9 heteroatoms. The minimum atomic E-state index is -0.980. The highest BCUT2D eigenvalue weighted by Crippen LogP contribution is 2.23. The van der Waals surface area contributed by atoms with Gasteiger partial charge < -0.3 is 9.30 Å². The third kappa shape index (κ3) is 4.61. The topological polar surface area (TPSA) is 73.2 Å². The van der Waals surface area contributed by atoms with Gasteiger partial charge in [-0.2, -0.15) is 0 Å². The second-order valence-electron chi connectivity index (χ2n) is 6.31. The molecule has 6 nitrogen and oxygen atoms in total. The minimum Gasteiger partial charge on any atom is -0.393 e. The number of carbonyl (C=O) groups is 2. The summed E-state index contributed by atoms with van der Waals surface area (Å²) in [6, 6.07) is 4.94. The molecule has 0 bridgehead atoms. The van der Waals surface area contributed by atoms with E-state index in [-0.39, 0.29) is 24.1 Å². The lowest BCUT2D eigenvalue weighted by Gasteiger charge is -2.10. The van der Waals surface area contributed by atoms with E-state index in [9.17, 15) is 18.4 Å². The smallest absolute Gasteiger partial charge is 0.393 e. The first-order chi connectivity index (χ1) is 13.3. The summed E-state index contributed by atoms with van der Waals surface area (Å²) in [7, 11) is 0. The maximum atomic E-state index is 13.5. The highest BCUT2D eigenvalue weighted by atomic mass is 32.1. The third-order valence-corrected chi connectivity index (χ3v) is 4.53. The van der Waals surface area contributed by atoms with Crippen molar-refractivity contribution in [3.63, 3.8) is 0 Å². The van der Waals surface area contributed by atoms with E-state index in [0.29, 0.717) is 16.3 Å². The van der Waals surface area contributed by atoms with Crippen molar-refractivity contribution in [2.45, 2.75) is 20.4 Å². The van der Waals surface area contributed by atoms with E-state index in [1.165, 1.54) is 40.4 Å². The van der Waals surface area contributed by atoms with Crippen molar-refractivity contribution in [2.75, 3.05) is 5.32 Å². The van der Waals surface area contributed by atoms with Crippen molar-refractivity contribution in [1.29, 1.82) is 0 Å². The van der Waals surface area contributed by atoms with Crippen LogP contribution in [-0.2, 0) is 6.54 Å². The van der Waals surface area contributed by atoms with E-state index in [4.69, 9.17) is 4.74 Å². The molecule has 3 rings (SSSR count). The number of nitrogens with zero attached hydrogens (tertiary/aromatic N) is 2. The summed E-state index contributed by atoms with van der Waals surface area (Å²) in [6.07, 6.45) is 2.28. The van der Waals surface area contributed by atoms with E-state index < -0.39 is 17.7 Å². The second-order valence-corrected chi connectivity index (χ2v) is 7.21. The first kappa shape index (κ1) is 19.7. The summed E-state index contributed by atoms with van der Waals surface area (Å²) in [5, 5.41) is 4.54. The van der Waals surface area contributed by atoms with Crippen LogP contribution in [0.15, 0.2) is 42.0 Å². The molecule has 0 aliphatic heterocycles. The molecule has 0 spiro atoms. The number of thiazole rings is 1. The zero-order valence-electron chi connectivity index (χ0n) is 15.1. The fourth-order valence-electron chi connectivity index (χ4n) is 2.49. The number of ketones is 1. The molecular weight excluding hydrogens is 388 g/mol. The second kappa shape index (κ2) is 8.30. The Labute approximate surface area is 163 Å². The molecule has 0 aliphatic carbocycles. The first-order valence-electron chi connectivity index (χ1n) is 8.40. The Morgan fingerprint density at radius 3 is 2.68 bits per heavy atom. The lowest BCUT2D eigenvalue weighted by molar-refractivity contribution is 0.0939. The van der Waals surface area contributed by atoms with Gasteiger partial charge in [-0.3, -0.25) is 10.1 Å². The molecule has 2 heterocycles. The average Bonchev–Trinajstić information content (AvgIpc) is 3.28. The van der Waals surface area contributed by atoms with Crippen molar-refractivity contribution < 1.29 is 23.1 Å². The number of halogens is 2. The van der Waals surface area contributed by atoms with E-state index in [2.05, 4.69) is 10.3 Å². The molecule has 0 saturated carbocycles. The Morgan fingerprint density at radius 2 is 2.04 bits per heavy atom. The van der Waals surface area contributed by atoms with Crippen LogP contribution in [0.1, 0.15) is 29.8 Å². The minimum absolute atomic E-state index is 0.0858. The van der Waals surface area contributed by atoms with E-state index in [1.54, 1.807) is 19.2 Å². The molecule has 2 aromatic heterocycles. The number of rotatable bonds is 6. The molecule has 0 aliphatic rings. The molecule has 1 N–H and O–H groups in total. The zero-order chi connectivity index (χ0) is 20.3. The Kier molecular flexibility index (Phi) is 5.84. The van der Waals surface area contributed by atoms with Gasteiger partial charge in [0.15, 0.2) is 22.5 Å². The fourth-order valence-corrected chi connectivity index (χ4v) is 3.01. The van der Waals surface area contributed by atoms with E-state index >= 15 is 0 Å². The first-order valence-corrected chi connectivity index (χ1v) is 9.28. The number of hydrogen-bond acceptors (Lipinski definition) is 5. The van der Waals surface area contributed by atoms with Crippen molar-refractivity contribution >= 4 is 28.3 Å². The maximum absolute atomic E-state index is 13.5. The van der Waals surface area contributed by atoms with E-state index in [0.717, 1.165) is 12.1 Å². The highest BCUT2D eigenvalue weighted by Gasteiger charge is 2.19. The summed E-state index contributed by atoms with van der Waals surface area (Å²) in [5.74, 6) is -2.22. The molecule has 146 valence electrons. The molecule has 1 amide bonds. The summed E-state index contributed by atoms with van der Waals surface area (Å²) in [4.78, 5) is 28.4. The van der Waals surface area contributed by atoms with Crippen LogP contribution in [0.4, 0.5) is 18.7 Å². The van der Waals surface area contributed by atoms with Crippen LogP contribution in [0.2, 0.25) is 0 Å². The standard InChI is InChI=1S/C19H17F2N3O3S/c1-11(2)17(25)13-8-16(27-19(26)23-18-22-5-6-28-18)24(10-13)9-12-3-4-14(20)15(21)7-12/h3-8,10-11H,9H2,1-2H3,(H,22,23,26). The normalized spacial score (nSPS) is 10.9. The quantitative estimate of drug-likeness (QED) is 0.602. The highest BCUT2D eigenvalue weighted by molar-refractivity contribution is 7.13. The monoisotopic (exact) mass is 405 g/mol. The Morgan fingerprint density at radius 1 is 1.25 bits per heavy atom. The predicted octanol–water partition coefficient (Wildman–Crippen LogP) is 4.72. The predicted molar refractivity (Wildman–Crippen MR) is 101 cm³/mol. The number of nitrogens with one attached hydrogen (secondary N) is 1. The number of Topliss-reactive ketones (excluding diaryl/α,β-unsaturated/α-hetero) is 1. The average molecular weight is 405 g/mol. The van der Waals surface area contributed by atoms with Crippen LogP contribution in [0, 0.1) is 17.6 Å². The summed E-state index contributed by atoms with van der Waals surface area (Å²) >= 11 is 1.22. The maximum Gasteiger partial charge on any atom is 0.420 e. The van der Waals surface area contributed by atoms with Gasteiger partial charge in [0.2, 0.25) is 5.88 Å². The van der Waals surface area contributed by atoms with Gasteiger partial charge in [-0.15, -0.1) is 11.3 Å². The fraction of sp³-hybridized carbons (Fsp3) is 0.211. The number of benzene rings is 1. The van der Waals surface area contributed by atoms with Crippen molar-refractivity contribution in [3.05, 3.63) is 64.8 Å². The lowest BCUT2D eigenvalue weighted by atomic mass is 10.0. The van der Waals surface area contributed by atoms with Crippen molar-refractivity contribution in [1.82, 2.24) is 9.55 Å². The van der Waals surface area contributed by atoms with Crippen LogP contribution in [0.25, 0.3) is 0 Å². The Hall–Kier alpha value is -3.07. The number of amides is 1. The van der Waals surface area contributed by atoms with Gasteiger partial charge in [-0.1, -0.05) is 19.9 Å².